The van der Waals surface area contributed by atoms with Gasteiger partial charge in [-0.05, 0) is 56.3 Å². The van der Waals surface area contributed by atoms with Gasteiger partial charge in [0, 0.05) is 22.6 Å². The maximum absolute atomic E-state index is 14.2. The Kier molecular flexibility index (Phi) is 5.40. The number of rotatable bonds is 6. The third-order valence-corrected chi connectivity index (χ3v) is 5.68. The molecule has 0 aliphatic rings. The minimum absolute atomic E-state index is 0.213. The number of aromatic nitrogens is 1. The smallest absolute Gasteiger partial charge is 0.265 e. The Hall–Kier alpha value is -3.24. The number of H-pyrrole nitrogens is 1. The number of benzene rings is 2. The van der Waals surface area contributed by atoms with Crippen molar-refractivity contribution in [1.82, 2.24) is 9.71 Å². The van der Waals surface area contributed by atoms with Crippen molar-refractivity contribution >= 4 is 38.4 Å². The summed E-state index contributed by atoms with van der Waals surface area (Å²) >= 11 is 0. The van der Waals surface area contributed by atoms with Crippen LogP contribution in [0.1, 0.15) is 34.7 Å². The fourth-order valence-corrected chi connectivity index (χ4v) is 4.04. The summed E-state index contributed by atoms with van der Waals surface area (Å²) in [4.78, 5) is 26.4. The van der Waals surface area contributed by atoms with Crippen LogP contribution in [0.4, 0.5) is 10.1 Å². The molecule has 1 aromatic heterocycles. The average Bonchev–Trinajstić information content (AvgIpc) is 3.04. The van der Waals surface area contributed by atoms with Gasteiger partial charge in [0.25, 0.3) is 11.8 Å². The first-order valence-corrected chi connectivity index (χ1v) is 10.1. The SMILES string of the molecule is CC(C)NS(=O)(=O)c1ccc(F)c(C(=O)Nc2ccc3[nH]c(C(N)=O)cc3c2)c1. The normalized spacial score (nSPS) is 11.7. The van der Waals surface area contributed by atoms with E-state index in [1.807, 2.05) is 0 Å². The molecule has 29 heavy (non-hydrogen) atoms. The first-order chi connectivity index (χ1) is 13.6. The molecular weight excluding hydrogens is 399 g/mol. The van der Waals surface area contributed by atoms with E-state index in [1.54, 1.807) is 32.0 Å². The van der Waals surface area contributed by atoms with Gasteiger partial charge in [0.1, 0.15) is 11.5 Å². The van der Waals surface area contributed by atoms with Crippen LogP contribution < -0.4 is 15.8 Å². The van der Waals surface area contributed by atoms with Crippen LogP contribution in [-0.2, 0) is 10.0 Å². The summed E-state index contributed by atoms with van der Waals surface area (Å²) in [5.74, 6) is -2.29. The van der Waals surface area contributed by atoms with Crippen LogP contribution in [0.25, 0.3) is 10.9 Å². The van der Waals surface area contributed by atoms with Crippen molar-refractivity contribution in [2.24, 2.45) is 5.73 Å². The van der Waals surface area contributed by atoms with Gasteiger partial charge in [-0.25, -0.2) is 17.5 Å². The molecule has 3 aromatic rings. The second-order valence-corrected chi connectivity index (χ2v) is 8.44. The van der Waals surface area contributed by atoms with Crippen LogP contribution in [-0.4, -0.2) is 31.3 Å². The van der Waals surface area contributed by atoms with E-state index in [-0.39, 0.29) is 16.6 Å². The standard InChI is InChI=1S/C19H19FN4O4S/c1-10(2)24-29(27,28)13-4-5-15(20)14(9-13)19(26)22-12-3-6-16-11(7-12)8-17(23-16)18(21)25/h3-10,23-24H,1-2H3,(H2,21,25)(H,22,26). The molecule has 1 heterocycles. The van der Waals surface area contributed by atoms with E-state index in [2.05, 4.69) is 15.0 Å². The lowest BCUT2D eigenvalue weighted by atomic mass is 10.2. The first kappa shape index (κ1) is 20.5. The number of carbonyl (C=O) groups is 2. The van der Waals surface area contributed by atoms with Gasteiger partial charge in [-0.1, -0.05) is 0 Å². The molecule has 0 saturated heterocycles. The van der Waals surface area contributed by atoms with Gasteiger partial charge in [0.05, 0.1) is 10.5 Å². The Morgan fingerprint density at radius 3 is 2.48 bits per heavy atom. The van der Waals surface area contributed by atoms with Crippen LogP contribution in [0.3, 0.4) is 0 Å². The van der Waals surface area contributed by atoms with E-state index in [1.165, 1.54) is 6.07 Å². The Morgan fingerprint density at radius 1 is 1.10 bits per heavy atom. The predicted molar refractivity (Wildman–Crippen MR) is 107 cm³/mol. The highest BCUT2D eigenvalue weighted by molar-refractivity contribution is 7.89. The van der Waals surface area contributed by atoms with Gasteiger partial charge in [0.2, 0.25) is 10.0 Å². The number of aromatic amines is 1. The zero-order valence-electron chi connectivity index (χ0n) is 15.6. The third kappa shape index (κ3) is 4.44. The van der Waals surface area contributed by atoms with Crippen LogP contribution in [0.15, 0.2) is 47.4 Å². The maximum Gasteiger partial charge on any atom is 0.265 e. The highest BCUT2D eigenvalue weighted by Crippen LogP contribution is 2.22. The largest absolute Gasteiger partial charge is 0.364 e. The van der Waals surface area contributed by atoms with E-state index in [0.717, 1.165) is 18.2 Å². The van der Waals surface area contributed by atoms with Gasteiger partial charge in [0.15, 0.2) is 0 Å². The molecule has 2 aromatic carbocycles. The Balaban J connectivity index is 1.90. The maximum atomic E-state index is 14.2. The second-order valence-electron chi connectivity index (χ2n) is 6.72. The fraction of sp³-hybridized carbons (Fsp3) is 0.158. The van der Waals surface area contributed by atoms with Crippen molar-refractivity contribution < 1.29 is 22.4 Å². The van der Waals surface area contributed by atoms with Gasteiger partial charge >= 0.3 is 0 Å². The molecule has 0 unspecified atom stereocenters. The van der Waals surface area contributed by atoms with Crippen LogP contribution >= 0.6 is 0 Å². The molecule has 0 aliphatic heterocycles. The van der Waals surface area contributed by atoms with Crippen molar-refractivity contribution in [2.45, 2.75) is 24.8 Å². The number of primary amides is 1. The quantitative estimate of drug-likeness (QED) is 0.489. The lowest BCUT2D eigenvalue weighted by Gasteiger charge is -2.11. The summed E-state index contributed by atoms with van der Waals surface area (Å²) in [5, 5.41) is 3.14. The number of fused-ring (bicyclic) bond motifs is 1. The average molecular weight is 418 g/mol. The number of halogens is 1. The van der Waals surface area contributed by atoms with Gasteiger partial charge in [-0.2, -0.15) is 0 Å². The molecule has 3 rings (SSSR count). The van der Waals surface area contributed by atoms with E-state index < -0.39 is 33.2 Å². The van der Waals surface area contributed by atoms with Gasteiger partial charge in [-0.15, -0.1) is 0 Å². The molecule has 0 spiro atoms. The number of carbonyl (C=O) groups excluding carboxylic acids is 2. The Bertz CT molecular complexity index is 1220. The van der Waals surface area contributed by atoms with E-state index >= 15 is 0 Å². The summed E-state index contributed by atoms with van der Waals surface area (Å²) in [6.45, 7) is 3.30. The van der Waals surface area contributed by atoms with Crippen molar-refractivity contribution in [3.05, 3.63) is 59.5 Å². The molecule has 0 aliphatic carbocycles. The number of anilines is 1. The van der Waals surface area contributed by atoms with Crippen molar-refractivity contribution in [2.75, 3.05) is 5.32 Å². The first-order valence-electron chi connectivity index (χ1n) is 8.62. The van der Waals surface area contributed by atoms with Crippen LogP contribution in [0.5, 0.6) is 0 Å². The number of nitrogens with two attached hydrogens (primary N) is 1. The zero-order chi connectivity index (χ0) is 21.3. The van der Waals surface area contributed by atoms with Crippen molar-refractivity contribution in [1.29, 1.82) is 0 Å². The lowest BCUT2D eigenvalue weighted by molar-refractivity contribution is 0.0993. The van der Waals surface area contributed by atoms with Gasteiger partial charge in [-0.3, -0.25) is 9.59 Å². The summed E-state index contributed by atoms with van der Waals surface area (Å²) in [7, 11) is -3.88. The number of hydrogen-bond acceptors (Lipinski definition) is 4. The highest BCUT2D eigenvalue weighted by Gasteiger charge is 2.20. The predicted octanol–water partition coefficient (Wildman–Crippen LogP) is 2.34. The van der Waals surface area contributed by atoms with Gasteiger partial charge < -0.3 is 16.0 Å². The number of hydrogen-bond donors (Lipinski definition) is 4. The van der Waals surface area contributed by atoms with Crippen LogP contribution in [0, 0.1) is 5.82 Å². The molecule has 0 bridgehead atoms. The number of sulfonamides is 1. The molecule has 0 fully saturated rings. The van der Waals surface area contributed by atoms with E-state index in [0.29, 0.717) is 16.6 Å². The summed E-state index contributed by atoms with van der Waals surface area (Å²) in [6.07, 6.45) is 0. The topological polar surface area (TPSA) is 134 Å². The Labute approximate surface area is 166 Å². The lowest BCUT2D eigenvalue weighted by Crippen LogP contribution is -2.30. The zero-order valence-corrected chi connectivity index (χ0v) is 16.4. The molecule has 0 atom stereocenters. The molecule has 5 N–H and O–H groups in total. The third-order valence-electron chi connectivity index (χ3n) is 4.03. The summed E-state index contributed by atoms with van der Waals surface area (Å²) in [6, 6.07) is 8.93. The van der Waals surface area contributed by atoms with E-state index in [4.69, 9.17) is 5.73 Å². The highest BCUT2D eigenvalue weighted by atomic mass is 32.2. The summed E-state index contributed by atoms with van der Waals surface area (Å²) in [5.41, 5.74) is 6.01. The molecule has 0 saturated carbocycles. The number of amides is 2. The minimum atomic E-state index is -3.88. The molecule has 152 valence electrons. The minimum Gasteiger partial charge on any atom is -0.364 e. The van der Waals surface area contributed by atoms with Crippen LogP contribution in [0.2, 0.25) is 0 Å². The molecule has 0 radical (unpaired) electrons. The second kappa shape index (κ2) is 7.64. The number of nitrogens with one attached hydrogen (secondary N) is 3. The van der Waals surface area contributed by atoms with Crippen molar-refractivity contribution in [3.8, 4) is 0 Å². The Morgan fingerprint density at radius 2 is 1.83 bits per heavy atom. The van der Waals surface area contributed by atoms with E-state index in [9.17, 15) is 22.4 Å². The monoisotopic (exact) mass is 418 g/mol. The molecular formula is C19H19FN4O4S. The van der Waals surface area contributed by atoms with Crippen molar-refractivity contribution in [3.63, 3.8) is 0 Å². The molecule has 2 amide bonds. The molecule has 10 heteroatoms. The summed E-state index contributed by atoms with van der Waals surface area (Å²) < 4.78 is 41.1. The fourth-order valence-electron chi connectivity index (χ4n) is 2.77. The molecule has 8 nitrogen and oxygen atoms in total.